The molecule has 0 radical (unpaired) electrons. The van der Waals surface area contributed by atoms with Crippen LogP contribution in [0.1, 0.15) is 34.8 Å². The number of aryl methyl sites for hydroxylation is 1. The van der Waals surface area contributed by atoms with Gasteiger partial charge < -0.3 is 4.90 Å². The van der Waals surface area contributed by atoms with Crippen LogP contribution in [0.4, 0.5) is 0 Å². The number of nitrogens with zero attached hydrogens (tertiary/aromatic N) is 4. The number of benzene rings is 1. The van der Waals surface area contributed by atoms with Crippen LogP contribution in [0.3, 0.4) is 0 Å². The summed E-state index contributed by atoms with van der Waals surface area (Å²) in [5.41, 5.74) is 2.68. The Morgan fingerprint density at radius 2 is 1.93 bits per heavy atom. The first kappa shape index (κ1) is 19.3. The molecule has 1 aliphatic rings. The van der Waals surface area contributed by atoms with Crippen molar-refractivity contribution in [3.05, 3.63) is 81.9 Å². The molecule has 1 aliphatic heterocycles. The minimum absolute atomic E-state index is 0.0707. The van der Waals surface area contributed by atoms with Gasteiger partial charge in [0, 0.05) is 44.6 Å². The molecule has 0 saturated carbocycles. The second-order valence-electron chi connectivity index (χ2n) is 7.81. The highest BCUT2D eigenvalue weighted by Gasteiger charge is 2.27. The van der Waals surface area contributed by atoms with Gasteiger partial charge in [-0.15, -0.1) is 0 Å². The number of hydrogen-bond donors (Lipinski definition) is 0. The minimum atomic E-state index is -0.308. The molecule has 0 spiro atoms. The van der Waals surface area contributed by atoms with Gasteiger partial charge in [-0.3, -0.25) is 18.9 Å². The second-order valence-corrected chi connectivity index (χ2v) is 7.81. The van der Waals surface area contributed by atoms with E-state index in [0.29, 0.717) is 12.2 Å². The number of carbonyl (C=O) groups is 1. The summed E-state index contributed by atoms with van der Waals surface area (Å²) in [7, 11) is 0. The third-order valence-corrected chi connectivity index (χ3v) is 5.66. The van der Waals surface area contributed by atoms with E-state index >= 15 is 0 Å². The number of carbonyl (C=O) groups excluding carboxylic acids is 1. The standard InChI is InChI=1S/C23H26N4O2/c1-17-8-11-27-21(14-17)24-15-20(23(27)29)22(28)26-13-12-25(10-9-18(26)2)16-19-6-4-3-5-7-19/h3-8,11,14-15,18H,9-10,12-13,16H2,1-2H3. The first-order valence-corrected chi connectivity index (χ1v) is 10.1. The van der Waals surface area contributed by atoms with E-state index in [1.807, 2.05) is 42.2 Å². The molecule has 1 atom stereocenters. The van der Waals surface area contributed by atoms with Crippen LogP contribution in [0.2, 0.25) is 0 Å². The zero-order chi connectivity index (χ0) is 20.4. The highest BCUT2D eigenvalue weighted by Crippen LogP contribution is 2.16. The predicted octanol–water partition coefficient (Wildman–Crippen LogP) is 2.74. The molecule has 1 aromatic carbocycles. The molecule has 4 rings (SSSR count). The zero-order valence-corrected chi connectivity index (χ0v) is 16.9. The van der Waals surface area contributed by atoms with Crippen molar-refractivity contribution in [2.75, 3.05) is 19.6 Å². The van der Waals surface area contributed by atoms with Crippen molar-refractivity contribution in [1.82, 2.24) is 19.2 Å². The number of fused-ring (bicyclic) bond motifs is 1. The molecule has 0 aliphatic carbocycles. The number of rotatable bonds is 3. The summed E-state index contributed by atoms with van der Waals surface area (Å²) in [6.45, 7) is 7.18. The highest BCUT2D eigenvalue weighted by molar-refractivity contribution is 5.94. The van der Waals surface area contributed by atoms with Crippen LogP contribution in [-0.2, 0) is 6.54 Å². The Morgan fingerprint density at radius 1 is 1.14 bits per heavy atom. The minimum Gasteiger partial charge on any atom is -0.334 e. The van der Waals surface area contributed by atoms with Crippen molar-refractivity contribution in [1.29, 1.82) is 0 Å². The van der Waals surface area contributed by atoms with Gasteiger partial charge >= 0.3 is 0 Å². The summed E-state index contributed by atoms with van der Waals surface area (Å²) >= 11 is 0. The van der Waals surface area contributed by atoms with Crippen LogP contribution in [0.5, 0.6) is 0 Å². The third kappa shape index (κ3) is 4.07. The summed E-state index contributed by atoms with van der Waals surface area (Å²) in [4.78, 5) is 34.6. The fraction of sp³-hybridized carbons (Fsp3) is 0.348. The van der Waals surface area contributed by atoms with Gasteiger partial charge in [0.2, 0.25) is 0 Å². The maximum atomic E-state index is 13.2. The first-order chi connectivity index (χ1) is 14.0. The molecule has 0 N–H and O–H groups in total. The van der Waals surface area contributed by atoms with Gasteiger partial charge in [0.15, 0.2) is 0 Å². The van der Waals surface area contributed by atoms with Gasteiger partial charge in [-0.2, -0.15) is 0 Å². The van der Waals surface area contributed by atoms with E-state index in [-0.39, 0.29) is 23.1 Å². The van der Waals surface area contributed by atoms with E-state index < -0.39 is 0 Å². The number of hydrogen-bond acceptors (Lipinski definition) is 4. The van der Waals surface area contributed by atoms with Crippen molar-refractivity contribution in [3.8, 4) is 0 Å². The molecule has 150 valence electrons. The summed E-state index contributed by atoms with van der Waals surface area (Å²) in [6, 6.07) is 14.1. The Hall–Kier alpha value is -2.99. The molecular weight excluding hydrogens is 364 g/mol. The maximum Gasteiger partial charge on any atom is 0.270 e. The topological polar surface area (TPSA) is 57.9 Å². The normalized spacial score (nSPS) is 18.0. The fourth-order valence-corrected chi connectivity index (χ4v) is 3.89. The van der Waals surface area contributed by atoms with Crippen LogP contribution < -0.4 is 5.56 Å². The predicted molar refractivity (Wildman–Crippen MR) is 113 cm³/mol. The third-order valence-electron chi connectivity index (χ3n) is 5.66. The average molecular weight is 390 g/mol. The van der Waals surface area contributed by atoms with E-state index in [0.717, 1.165) is 31.6 Å². The lowest BCUT2D eigenvalue weighted by atomic mass is 10.1. The smallest absolute Gasteiger partial charge is 0.270 e. The summed E-state index contributed by atoms with van der Waals surface area (Å²) in [6.07, 6.45) is 3.99. The van der Waals surface area contributed by atoms with E-state index in [9.17, 15) is 9.59 Å². The Bertz CT molecular complexity index is 1080. The van der Waals surface area contributed by atoms with Crippen LogP contribution >= 0.6 is 0 Å². The Kier molecular flexibility index (Phi) is 5.45. The van der Waals surface area contributed by atoms with Gasteiger partial charge in [-0.25, -0.2) is 4.98 Å². The first-order valence-electron chi connectivity index (χ1n) is 10.1. The second kappa shape index (κ2) is 8.17. The molecule has 6 nitrogen and oxygen atoms in total. The average Bonchev–Trinajstić information content (AvgIpc) is 2.90. The lowest BCUT2D eigenvalue weighted by molar-refractivity contribution is 0.0698. The Labute approximate surface area is 170 Å². The molecule has 1 fully saturated rings. The van der Waals surface area contributed by atoms with Crippen LogP contribution in [0, 0.1) is 6.92 Å². The fourth-order valence-electron chi connectivity index (χ4n) is 3.89. The van der Waals surface area contributed by atoms with Crippen molar-refractivity contribution >= 4 is 11.6 Å². The number of aromatic nitrogens is 2. The summed E-state index contributed by atoms with van der Waals surface area (Å²) in [5.74, 6) is -0.230. The van der Waals surface area contributed by atoms with Crippen molar-refractivity contribution < 1.29 is 4.79 Å². The van der Waals surface area contributed by atoms with Gasteiger partial charge in [0.05, 0.1) is 0 Å². The lowest BCUT2D eigenvalue weighted by Gasteiger charge is -2.26. The van der Waals surface area contributed by atoms with Gasteiger partial charge in [0.1, 0.15) is 11.2 Å². The van der Waals surface area contributed by atoms with Gasteiger partial charge in [-0.1, -0.05) is 30.3 Å². The largest absolute Gasteiger partial charge is 0.334 e. The Morgan fingerprint density at radius 3 is 2.72 bits per heavy atom. The quantitative estimate of drug-likeness (QED) is 0.690. The van der Waals surface area contributed by atoms with Gasteiger partial charge in [0.25, 0.3) is 11.5 Å². The molecule has 0 bridgehead atoms. The SMILES string of the molecule is Cc1ccn2c(=O)c(C(=O)N3CCN(Cc4ccccc4)CCC3C)cnc2c1. The molecule has 3 aromatic rings. The molecular formula is C23H26N4O2. The molecule has 2 aromatic heterocycles. The van der Waals surface area contributed by atoms with E-state index in [1.165, 1.54) is 16.2 Å². The van der Waals surface area contributed by atoms with E-state index in [2.05, 4.69) is 28.9 Å². The molecule has 3 heterocycles. The van der Waals surface area contributed by atoms with Crippen molar-refractivity contribution in [3.63, 3.8) is 0 Å². The summed E-state index contributed by atoms with van der Waals surface area (Å²) in [5, 5.41) is 0. The molecule has 29 heavy (non-hydrogen) atoms. The lowest BCUT2D eigenvalue weighted by Crippen LogP contribution is -2.42. The maximum absolute atomic E-state index is 13.2. The van der Waals surface area contributed by atoms with Gasteiger partial charge in [-0.05, 0) is 43.5 Å². The van der Waals surface area contributed by atoms with E-state index in [4.69, 9.17) is 0 Å². The van der Waals surface area contributed by atoms with Crippen LogP contribution in [0.15, 0.2) is 59.7 Å². The van der Waals surface area contributed by atoms with Crippen LogP contribution in [0.25, 0.3) is 5.65 Å². The molecule has 1 saturated heterocycles. The Balaban J connectivity index is 1.54. The number of amides is 1. The molecule has 6 heteroatoms. The van der Waals surface area contributed by atoms with Crippen molar-refractivity contribution in [2.45, 2.75) is 32.9 Å². The van der Waals surface area contributed by atoms with Crippen molar-refractivity contribution in [2.24, 2.45) is 0 Å². The number of pyridine rings is 1. The molecule has 1 unspecified atom stereocenters. The van der Waals surface area contributed by atoms with E-state index in [1.54, 1.807) is 6.20 Å². The molecule has 1 amide bonds. The van der Waals surface area contributed by atoms with Crippen LogP contribution in [-0.4, -0.2) is 50.8 Å². The highest BCUT2D eigenvalue weighted by atomic mass is 16.2. The summed E-state index contributed by atoms with van der Waals surface area (Å²) < 4.78 is 1.45. The zero-order valence-electron chi connectivity index (χ0n) is 16.9. The monoisotopic (exact) mass is 390 g/mol.